The van der Waals surface area contributed by atoms with Crippen molar-refractivity contribution < 1.29 is 14.6 Å². The van der Waals surface area contributed by atoms with Crippen LogP contribution in [0.15, 0.2) is 49.1 Å². The molecule has 0 aromatic heterocycles. The maximum Gasteiger partial charge on any atom is 0.335 e. The Morgan fingerprint density at radius 3 is 2.94 bits per heavy atom. The lowest BCUT2D eigenvalue weighted by molar-refractivity contribution is 0.0697. The third-order valence-corrected chi connectivity index (χ3v) is 7.35. The molecule has 0 radical (unpaired) electrons. The lowest BCUT2D eigenvalue weighted by Crippen LogP contribution is -2.46. The molecule has 2 atom stereocenters. The van der Waals surface area contributed by atoms with E-state index >= 15 is 0 Å². The van der Waals surface area contributed by atoms with E-state index in [1.807, 2.05) is 18.2 Å². The summed E-state index contributed by atoms with van der Waals surface area (Å²) in [5, 5.41) is 10.4. The van der Waals surface area contributed by atoms with Crippen molar-refractivity contribution in [3.63, 3.8) is 0 Å². The Kier molecular flexibility index (Phi) is 6.80. The average Bonchev–Trinajstić information content (AvgIpc) is 2.93. The average molecular weight is 454 g/mol. The molecule has 1 heterocycles. The molecule has 5 heteroatoms. The van der Waals surface area contributed by atoms with Gasteiger partial charge < -0.3 is 14.7 Å². The van der Waals surface area contributed by atoms with Crippen LogP contribution in [-0.4, -0.2) is 30.8 Å². The highest BCUT2D eigenvalue weighted by molar-refractivity contribution is 6.30. The summed E-state index contributed by atoms with van der Waals surface area (Å²) in [7, 11) is 0. The first-order chi connectivity index (χ1) is 15.5. The quantitative estimate of drug-likeness (QED) is 0.486. The number of rotatable bonds is 7. The van der Waals surface area contributed by atoms with Crippen molar-refractivity contribution in [1.82, 2.24) is 0 Å². The lowest BCUT2D eigenvalue weighted by Gasteiger charge is -2.41. The number of carbonyl (C=O) groups is 1. The molecule has 0 fully saturated rings. The van der Waals surface area contributed by atoms with Crippen LogP contribution in [0.3, 0.4) is 0 Å². The van der Waals surface area contributed by atoms with Gasteiger partial charge in [-0.2, -0.15) is 0 Å². The fourth-order valence-electron chi connectivity index (χ4n) is 5.34. The number of benzene rings is 2. The second-order valence-electron chi connectivity index (χ2n) is 9.23. The van der Waals surface area contributed by atoms with Crippen LogP contribution in [0.5, 0.6) is 5.75 Å². The van der Waals surface area contributed by atoms with Gasteiger partial charge >= 0.3 is 5.97 Å². The number of fused-ring (bicyclic) bond motifs is 3. The van der Waals surface area contributed by atoms with Crippen molar-refractivity contribution in [2.24, 2.45) is 5.92 Å². The summed E-state index contributed by atoms with van der Waals surface area (Å²) in [4.78, 5) is 14.1. The number of carboxylic acid groups (broad SMARTS) is 1. The first kappa shape index (κ1) is 22.7. The highest BCUT2D eigenvalue weighted by Gasteiger charge is 2.42. The Morgan fingerprint density at radius 2 is 2.19 bits per heavy atom. The topological polar surface area (TPSA) is 49.8 Å². The Hall–Kier alpha value is -2.46. The van der Waals surface area contributed by atoms with Crippen LogP contribution in [0.25, 0.3) is 0 Å². The van der Waals surface area contributed by atoms with Crippen LogP contribution in [0.4, 0.5) is 5.69 Å². The zero-order chi connectivity index (χ0) is 22.7. The second-order valence-corrected chi connectivity index (χ2v) is 9.67. The molecule has 1 unspecified atom stereocenters. The van der Waals surface area contributed by atoms with E-state index in [4.69, 9.17) is 16.3 Å². The molecular formula is C27H32ClNO3. The van der Waals surface area contributed by atoms with Crippen molar-refractivity contribution in [2.75, 3.05) is 24.6 Å². The van der Waals surface area contributed by atoms with E-state index in [1.54, 1.807) is 12.1 Å². The van der Waals surface area contributed by atoms with Crippen LogP contribution in [0.2, 0.25) is 5.02 Å². The number of halogens is 1. The van der Waals surface area contributed by atoms with Gasteiger partial charge in [0.05, 0.1) is 17.9 Å². The number of allylic oxidation sites excluding steroid dienone is 1. The molecule has 1 aliphatic heterocycles. The molecule has 0 saturated heterocycles. The van der Waals surface area contributed by atoms with Gasteiger partial charge in [-0.25, -0.2) is 4.79 Å². The molecule has 2 aromatic carbocycles. The van der Waals surface area contributed by atoms with Gasteiger partial charge in [0.25, 0.3) is 0 Å². The predicted octanol–water partition coefficient (Wildman–Crippen LogP) is 6.50. The van der Waals surface area contributed by atoms with Gasteiger partial charge in [-0.15, -0.1) is 6.58 Å². The lowest BCUT2D eigenvalue weighted by atomic mass is 9.70. The predicted molar refractivity (Wildman–Crippen MR) is 130 cm³/mol. The molecule has 1 aliphatic carbocycles. The fraction of sp³-hybridized carbons (Fsp3) is 0.444. The van der Waals surface area contributed by atoms with E-state index < -0.39 is 5.97 Å². The van der Waals surface area contributed by atoms with Crippen molar-refractivity contribution in [2.45, 2.75) is 50.9 Å². The number of hydrogen-bond acceptors (Lipinski definition) is 3. The summed E-state index contributed by atoms with van der Waals surface area (Å²) in [6.07, 6.45) is 8.27. The minimum absolute atomic E-state index is 0.142. The van der Waals surface area contributed by atoms with Gasteiger partial charge in [-0.1, -0.05) is 37.1 Å². The molecule has 4 nitrogen and oxygen atoms in total. The number of aryl methyl sites for hydroxylation is 1. The number of hydrogen-bond donors (Lipinski definition) is 1. The third-order valence-electron chi connectivity index (χ3n) is 7.12. The molecule has 1 N–H and O–H groups in total. The number of nitrogens with zero attached hydrogens (tertiary/aromatic N) is 1. The summed E-state index contributed by atoms with van der Waals surface area (Å²) in [5.74, 6) is 0.354. The van der Waals surface area contributed by atoms with Crippen molar-refractivity contribution >= 4 is 23.3 Å². The van der Waals surface area contributed by atoms with Gasteiger partial charge in [0, 0.05) is 23.5 Å². The van der Waals surface area contributed by atoms with Crippen LogP contribution >= 0.6 is 11.6 Å². The van der Waals surface area contributed by atoms with Crippen LogP contribution in [-0.2, 0) is 11.8 Å². The number of ether oxygens (including phenoxy) is 1. The molecule has 2 aromatic rings. The van der Waals surface area contributed by atoms with Crippen LogP contribution in [0, 0.1) is 5.92 Å². The summed E-state index contributed by atoms with van der Waals surface area (Å²) in [5.41, 5.74) is 3.67. The standard InChI is InChI=1S/C27H32ClNO3/c1-3-5-7-19(4-2)16-29-17-27(13-6-8-20-14-22(28)10-11-23(20)27)18-32-25-12-9-21(26(30)31)15-24(25)29/h3,9-12,14-15,19H,1,4-8,13,16-18H2,2H3,(H,30,31)/t19?,27-/m0/s1. The highest BCUT2D eigenvalue weighted by Crippen LogP contribution is 2.44. The van der Waals surface area contributed by atoms with E-state index in [0.717, 1.165) is 68.1 Å². The monoisotopic (exact) mass is 453 g/mol. The molecule has 170 valence electrons. The molecule has 1 spiro atoms. The normalized spacial score (nSPS) is 20.6. The molecule has 0 amide bonds. The van der Waals surface area contributed by atoms with Gasteiger partial charge in [0.15, 0.2) is 0 Å². The third kappa shape index (κ3) is 4.52. The van der Waals surface area contributed by atoms with Gasteiger partial charge in [0.2, 0.25) is 0 Å². The minimum atomic E-state index is -0.914. The van der Waals surface area contributed by atoms with Crippen molar-refractivity contribution in [1.29, 1.82) is 0 Å². The summed E-state index contributed by atoms with van der Waals surface area (Å²) < 4.78 is 6.41. The molecule has 32 heavy (non-hydrogen) atoms. The fourth-order valence-corrected chi connectivity index (χ4v) is 5.53. The second kappa shape index (κ2) is 9.58. The Labute approximate surface area is 195 Å². The SMILES string of the molecule is C=CCCC(CC)CN1C[C@@]2(CCCc3cc(Cl)ccc32)COc2ccc(C(=O)O)cc21. The molecule has 4 rings (SSSR count). The van der Waals surface area contributed by atoms with E-state index in [-0.39, 0.29) is 5.41 Å². The molecule has 0 saturated carbocycles. The first-order valence-electron chi connectivity index (χ1n) is 11.6. The highest BCUT2D eigenvalue weighted by atomic mass is 35.5. The van der Waals surface area contributed by atoms with E-state index in [1.165, 1.54) is 11.1 Å². The van der Waals surface area contributed by atoms with Crippen LogP contribution in [0.1, 0.15) is 60.5 Å². The van der Waals surface area contributed by atoms with Crippen LogP contribution < -0.4 is 9.64 Å². The zero-order valence-corrected chi connectivity index (χ0v) is 19.5. The summed E-state index contributed by atoms with van der Waals surface area (Å²) in [6, 6.07) is 11.5. The summed E-state index contributed by atoms with van der Waals surface area (Å²) >= 11 is 6.32. The van der Waals surface area contributed by atoms with E-state index in [9.17, 15) is 9.90 Å². The van der Waals surface area contributed by atoms with Gasteiger partial charge in [-0.05, 0) is 79.5 Å². The molecular weight excluding hydrogens is 422 g/mol. The van der Waals surface area contributed by atoms with E-state index in [2.05, 4.69) is 30.5 Å². The Bertz CT molecular complexity index is 1000. The smallest absolute Gasteiger partial charge is 0.335 e. The molecule has 0 bridgehead atoms. The maximum atomic E-state index is 11.7. The Morgan fingerprint density at radius 1 is 1.34 bits per heavy atom. The largest absolute Gasteiger partial charge is 0.490 e. The minimum Gasteiger partial charge on any atom is -0.490 e. The van der Waals surface area contributed by atoms with Gasteiger partial charge in [-0.3, -0.25) is 0 Å². The zero-order valence-electron chi connectivity index (χ0n) is 18.8. The maximum absolute atomic E-state index is 11.7. The van der Waals surface area contributed by atoms with E-state index in [0.29, 0.717) is 18.1 Å². The number of anilines is 1. The first-order valence-corrected chi connectivity index (χ1v) is 12.0. The summed E-state index contributed by atoms with van der Waals surface area (Å²) in [6.45, 7) is 8.37. The Balaban J connectivity index is 1.76. The van der Waals surface area contributed by atoms with Crippen molar-refractivity contribution in [3.05, 3.63) is 70.8 Å². The number of carboxylic acids is 1. The number of aromatic carboxylic acids is 1. The van der Waals surface area contributed by atoms with Crippen molar-refractivity contribution in [3.8, 4) is 5.75 Å². The molecule has 2 aliphatic rings. The van der Waals surface area contributed by atoms with Gasteiger partial charge in [0.1, 0.15) is 5.75 Å².